The van der Waals surface area contributed by atoms with Gasteiger partial charge in [-0.3, -0.25) is 0 Å². The third-order valence-electron chi connectivity index (χ3n) is 6.00. The summed E-state index contributed by atoms with van der Waals surface area (Å²) in [4.78, 5) is 4.27. The van der Waals surface area contributed by atoms with Gasteiger partial charge >= 0.3 is 0 Å². The van der Waals surface area contributed by atoms with E-state index in [1.54, 1.807) is 6.33 Å². The summed E-state index contributed by atoms with van der Waals surface area (Å²) in [6, 6.07) is 24.2. The molecular weight excluding hydrogens is 442 g/mol. The average Bonchev–Trinajstić information content (AvgIpc) is 3.25. The highest BCUT2D eigenvalue weighted by Gasteiger charge is 2.20. The molecule has 3 aromatic carbocycles. The second-order valence-corrected chi connectivity index (χ2v) is 9.92. The first-order valence-electron chi connectivity index (χ1n) is 11.2. The van der Waals surface area contributed by atoms with Crippen molar-refractivity contribution in [1.82, 2.24) is 9.55 Å². The van der Waals surface area contributed by atoms with Crippen molar-refractivity contribution in [3.8, 4) is 17.2 Å². The number of nitriles is 1. The van der Waals surface area contributed by atoms with E-state index in [-0.39, 0.29) is 11.5 Å². The standard InChI is InChI=1S/C29H28ClN3O/c1-29(2,3)24-12-9-21(10-13-24)26-15-25(30)14-11-23(26)18-34-28(27-17-32-19-33(27)4)22-7-5-20(16-31)6-8-22/h5-15,17,19,28H,18H2,1-4H3. The van der Waals surface area contributed by atoms with E-state index < -0.39 is 0 Å². The monoisotopic (exact) mass is 469 g/mol. The molecule has 0 spiro atoms. The van der Waals surface area contributed by atoms with Crippen LogP contribution in [-0.2, 0) is 23.8 Å². The first-order chi connectivity index (χ1) is 16.3. The lowest BCUT2D eigenvalue weighted by molar-refractivity contribution is 0.0624. The largest absolute Gasteiger partial charge is 0.362 e. The van der Waals surface area contributed by atoms with E-state index in [2.05, 4.69) is 56.1 Å². The van der Waals surface area contributed by atoms with E-state index in [1.165, 1.54) is 5.56 Å². The van der Waals surface area contributed by atoms with Gasteiger partial charge in [0.05, 0.1) is 36.5 Å². The molecule has 0 aliphatic heterocycles. The van der Waals surface area contributed by atoms with Gasteiger partial charge in [0, 0.05) is 12.1 Å². The predicted octanol–water partition coefficient (Wildman–Crippen LogP) is 7.22. The summed E-state index contributed by atoms with van der Waals surface area (Å²) >= 11 is 6.38. The molecule has 0 radical (unpaired) electrons. The molecule has 1 heterocycles. The number of hydrogen-bond donors (Lipinski definition) is 0. The van der Waals surface area contributed by atoms with Gasteiger partial charge < -0.3 is 9.30 Å². The van der Waals surface area contributed by atoms with E-state index in [9.17, 15) is 0 Å². The number of halogens is 1. The molecule has 0 saturated carbocycles. The lowest BCUT2D eigenvalue weighted by atomic mass is 9.86. The number of imidazole rings is 1. The number of hydrogen-bond acceptors (Lipinski definition) is 3. The molecule has 0 aliphatic rings. The summed E-state index contributed by atoms with van der Waals surface area (Å²) in [5.74, 6) is 0. The Labute approximate surface area is 206 Å². The van der Waals surface area contributed by atoms with E-state index in [0.717, 1.165) is 27.9 Å². The quantitative estimate of drug-likeness (QED) is 0.299. The molecule has 1 atom stereocenters. The zero-order valence-corrected chi connectivity index (χ0v) is 20.7. The molecule has 1 aromatic heterocycles. The highest BCUT2D eigenvalue weighted by molar-refractivity contribution is 6.30. The average molecular weight is 470 g/mol. The van der Waals surface area contributed by atoms with Gasteiger partial charge in [-0.05, 0) is 57.5 Å². The van der Waals surface area contributed by atoms with Crippen molar-refractivity contribution in [2.45, 2.75) is 38.9 Å². The molecule has 0 bridgehead atoms. The summed E-state index contributed by atoms with van der Waals surface area (Å²) in [7, 11) is 1.95. The molecule has 0 amide bonds. The van der Waals surface area contributed by atoms with E-state index in [0.29, 0.717) is 17.2 Å². The van der Waals surface area contributed by atoms with Crippen molar-refractivity contribution in [3.05, 3.63) is 112 Å². The second kappa shape index (κ2) is 9.85. The Morgan fingerprint density at radius 2 is 1.74 bits per heavy atom. The van der Waals surface area contributed by atoms with Crippen LogP contribution in [0.1, 0.15) is 54.8 Å². The summed E-state index contributed by atoms with van der Waals surface area (Å²) < 4.78 is 8.46. The molecule has 0 fully saturated rings. The molecule has 5 heteroatoms. The van der Waals surface area contributed by atoms with E-state index in [4.69, 9.17) is 21.6 Å². The second-order valence-electron chi connectivity index (χ2n) is 9.48. The van der Waals surface area contributed by atoms with Gasteiger partial charge in [-0.2, -0.15) is 5.26 Å². The summed E-state index contributed by atoms with van der Waals surface area (Å²) in [6.07, 6.45) is 3.25. The molecule has 0 aliphatic carbocycles. The highest BCUT2D eigenvalue weighted by atomic mass is 35.5. The van der Waals surface area contributed by atoms with Crippen LogP contribution in [0.4, 0.5) is 0 Å². The maximum atomic E-state index is 9.16. The first kappa shape index (κ1) is 23.8. The Balaban J connectivity index is 1.66. The van der Waals surface area contributed by atoms with Crippen LogP contribution >= 0.6 is 11.6 Å². The van der Waals surface area contributed by atoms with Gasteiger partial charge in [-0.15, -0.1) is 0 Å². The number of nitrogens with zero attached hydrogens (tertiary/aromatic N) is 3. The van der Waals surface area contributed by atoms with Gasteiger partial charge in [0.25, 0.3) is 0 Å². The maximum Gasteiger partial charge on any atom is 0.124 e. The Kier molecular flexibility index (Phi) is 6.88. The fraction of sp³-hybridized carbons (Fsp3) is 0.241. The fourth-order valence-electron chi connectivity index (χ4n) is 3.97. The number of benzene rings is 3. The van der Waals surface area contributed by atoms with Crippen molar-refractivity contribution in [3.63, 3.8) is 0 Å². The third-order valence-corrected chi connectivity index (χ3v) is 6.24. The van der Waals surface area contributed by atoms with Crippen LogP contribution in [0.25, 0.3) is 11.1 Å². The van der Waals surface area contributed by atoms with Gasteiger partial charge in [0.2, 0.25) is 0 Å². The Morgan fingerprint density at radius 1 is 1.03 bits per heavy atom. The topological polar surface area (TPSA) is 50.8 Å². The van der Waals surface area contributed by atoms with E-state index in [1.807, 2.05) is 60.3 Å². The molecule has 0 saturated heterocycles. The minimum Gasteiger partial charge on any atom is -0.362 e. The minimum atomic E-state index is -0.327. The maximum absolute atomic E-state index is 9.16. The number of ether oxygens (including phenoxy) is 1. The third kappa shape index (κ3) is 5.22. The fourth-order valence-corrected chi connectivity index (χ4v) is 4.14. The molecular formula is C29H28ClN3O. The molecule has 34 heavy (non-hydrogen) atoms. The van der Waals surface area contributed by atoms with Crippen molar-refractivity contribution in [2.24, 2.45) is 7.05 Å². The van der Waals surface area contributed by atoms with Crippen LogP contribution in [0, 0.1) is 11.3 Å². The summed E-state index contributed by atoms with van der Waals surface area (Å²) in [5.41, 5.74) is 7.10. The van der Waals surface area contributed by atoms with E-state index >= 15 is 0 Å². The first-order valence-corrected chi connectivity index (χ1v) is 11.6. The predicted molar refractivity (Wildman–Crippen MR) is 137 cm³/mol. The lowest BCUT2D eigenvalue weighted by Crippen LogP contribution is -2.11. The normalized spacial score (nSPS) is 12.4. The van der Waals surface area contributed by atoms with Gasteiger partial charge in [-0.25, -0.2) is 4.98 Å². The zero-order valence-electron chi connectivity index (χ0n) is 19.9. The van der Waals surface area contributed by atoms with Crippen molar-refractivity contribution in [1.29, 1.82) is 5.26 Å². The zero-order chi connectivity index (χ0) is 24.3. The smallest absolute Gasteiger partial charge is 0.124 e. The molecule has 4 aromatic rings. The van der Waals surface area contributed by atoms with Crippen molar-refractivity contribution < 1.29 is 4.74 Å². The van der Waals surface area contributed by atoms with Crippen LogP contribution in [0.15, 0.2) is 79.3 Å². The molecule has 4 rings (SSSR count). The SMILES string of the molecule is Cn1cncc1C(OCc1ccc(Cl)cc1-c1ccc(C(C)(C)C)cc1)c1ccc(C#N)cc1. The Morgan fingerprint density at radius 3 is 2.32 bits per heavy atom. The summed E-state index contributed by atoms with van der Waals surface area (Å²) in [5, 5.41) is 9.85. The molecule has 0 N–H and O–H groups in total. The lowest BCUT2D eigenvalue weighted by Gasteiger charge is -2.21. The number of rotatable bonds is 6. The van der Waals surface area contributed by atoms with Crippen molar-refractivity contribution >= 4 is 11.6 Å². The molecule has 4 nitrogen and oxygen atoms in total. The minimum absolute atomic E-state index is 0.0935. The highest BCUT2D eigenvalue weighted by Crippen LogP contribution is 2.33. The van der Waals surface area contributed by atoms with Crippen LogP contribution in [0.3, 0.4) is 0 Å². The number of aryl methyl sites for hydroxylation is 1. The van der Waals surface area contributed by atoms with Gasteiger partial charge in [0.1, 0.15) is 6.10 Å². The van der Waals surface area contributed by atoms with Crippen LogP contribution in [0.2, 0.25) is 5.02 Å². The Hall–Kier alpha value is -3.39. The van der Waals surface area contributed by atoms with Crippen LogP contribution in [-0.4, -0.2) is 9.55 Å². The van der Waals surface area contributed by atoms with Gasteiger partial charge in [0.15, 0.2) is 0 Å². The molecule has 1 unspecified atom stereocenters. The van der Waals surface area contributed by atoms with Gasteiger partial charge in [-0.1, -0.05) is 74.8 Å². The van der Waals surface area contributed by atoms with Crippen LogP contribution in [0.5, 0.6) is 0 Å². The Bertz CT molecular complexity index is 1310. The summed E-state index contributed by atoms with van der Waals surface area (Å²) in [6.45, 7) is 7.02. The van der Waals surface area contributed by atoms with Crippen LogP contribution < -0.4 is 0 Å². The van der Waals surface area contributed by atoms with Crippen molar-refractivity contribution in [2.75, 3.05) is 0 Å². The number of aromatic nitrogens is 2. The molecule has 172 valence electrons.